The van der Waals surface area contributed by atoms with Crippen molar-refractivity contribution in [1.29, 1.82) is 0 Å². The van der Waals surface area contributed by atoms with Gasteiger partial charge in [-0.05, 0) is 41.7 Å². The van der Waals surface area contributed by atoms with E-state index in [9.17, 15) is 9.00 Å². The van der Waals surface area contributed by atoms with Crippen molar-refractivity contribution in [3.8, 4) is 0 Å². The van der Waals surface area contributed by atoms with Crippen molar-refractivity contribution in [3.63, 3.8) is 0 Å². The van der Waals surface area contributed by atoms with Gasteiger partial charge in [-0.1, -0.05) is 36.4 Å². The smallest absolute Gasteiger partial charge is 0.254 e. The summed E-state index contributed by atoms with van der Waals surface area (Å²) in [6.07, 6.45) is 3.67. The zero-order valence-corrected chi connectivity index (χ0v) is 14.3. The molecule has 3 nitrogen and oxygen atoms in total. The topological polar surface area (TPSA) is 37.4 Å². The molecule has 0 fully saturated rings. The lowest BCUT2D eigenvalue weighted by molar-refractivity contribution is 0.0730. The van der Waals surface area contributed by atoms with Crippen LogP contribution < -0.4 is 0 Å². The number of hydrogen-bond donors (Lipinski definition) is 0. The number of nitrogens with zero attached hydrogens (tertiary/aromatic N) is 1. The SMILES string of the molecule is CN(C(=O)c1cccc(CS(C)=O)c1)C1CCc2ccccc21. The van der Waals surface area contributed by atoms with Crippen LogP contribution in [0.2, 0.25) is 0 Å². The zero-order chi connectivity index (χ0) is 16.4. The molecule has 0 heterocycles. The van der Waals surface area contributed by atoms with Gasteiger partial charge in [0, 0.05) is 35.4 Å². The Hall–Kier alpha value is -1.94. The van der Waals surface area contributed by atoms with Gasteiger partial charge in [0.2, 0.25) is 0 Å². The van der Waals surface area contributed by atoms with Gasteiger partial charge in [0.1, 0.15) is 0 Å². The molecule has 0 spiro atoms. The predicted octanol–water partition coefficient (Wildman–Crippen LogP) is 3.32. The molecule has 0 N–H and O–H groups in total. The maximum Gasteiger partial charge on any atom is 0.254 e. The molecule has 4 heteroatoms. The summed E-state index contributed by atoms with van der Waals surface area (Å²) < 4.78 is 11.4. The summed E-state index contributed by atoms with van der Waals surface area (Å²) in [4.78, 5) is 14.7. The molecule has 0 aromatic heterocycles. The van der Waals surface area contributed by atoms with Crippen LogP contribution in [0.5, 0.6) is 0 Å². The highest BCUT2D eigenvalue weighted by molar-refractivity contribution is 7.83. The summed E-state index contributed by atoms with van der Waals surface area (Å²) in [5.41, 5.74) is 4.21. The second kappa shape index (κ2) is 6.67. The lowest BCUT2D eigenvalue weighted by Crippen LogP contribution is -2.30. The number of benzene rings is 2. The lowest BCUT2D eigenvalue weighted by atomic mass is 10.1. The van der Waals surface area contributed by atoms with Gasteiger partial charge in [0.05, 0.1) is 6.04 Å². The summed E-state index contributed by atoms with van der Waals surface area (Å²) in [5.74, 6) is 0.507. The van der Waals surface area contributed by atoms with Crippen molar-refractivity contribution < 1.29 is 9.00 Å². The molecule has 2 aromatic rings. The molecule has 23 heavy (non-hydrogen) atoms. The Morgan fingerprint density at radius 1 is 1.22 bits per heavy atom. The van der Waals surface area contributed by atoms with E-state index in [4.69, 9.17) is 0 Å². The van der Waals surface area contributed by atoms with Crippen LogP contribution in [0.4, 0.5) is 0 Å². The van der Waals surface area contributed by atoms with E-state index in [-0.39, 0.29) is 11.9 Å². The average Bonchev–Trinajstić information content (AvgIpc) is 2.97. The van der Waals surface area contributed by atoms with E-state index in [2.05, 4.69) is 18.2 Å². The maximum absolute atomic E-state index is 12.8. The van der Waals surface area contributed by atoms with Crippen LogP contribution in [0, 0.1) is 0 Å². The number of fused-ring (bicyclic) bond motifs is 1. The van der Waals surface area contributed by atoms with Gasteiger partial charge >= 0.3 is 0 Å². The van der Waals surface area contributed by atoms with Gasteiger partial charge in [-0.25, -0.2) is 0 Å². The fourth-order valence-corrected chi connectivity index (χ4v) is 3.96. The first kappa shape index (κ1) is 15.9. The molecule has 2 unspecified atom stereocenters. The van der Waals surface area contributed by atoms with Crippen molar-refractivity contribution in [2.75, 3.05) is 13.3 Å². The van der Waals surface area contributed by atoms with Crippen molar-refractivity contribution >= 4 is 16.7 Å². The van der Waals surface area contributed by atoms with Crippen LogP contribution in [0.3, 0.4) is 0 Å². The van der Waals surface area contributed by atoms with E-state index in [1.807, 2.05) is 42.3 Å². The third-order valence-corrected chi connectivity index (χ3v) is 5.17. The average molecular weight is 327 g/mol. The molecule has 2 atom stereocenters. The van der Waals surface area contributed by atoms with Gasteiger partial charge in [-0.2, -0.15) is 0 Å². The fraction of sp³-hybridized carbons (Fsp3) is 0.316. The van der Waals surface area contributed by atoms with Crippen molar-refractivity contribution in [3.05, 3.63) is 70.8 Å². The molecule has 120 valence electrons. The number of carbonyl (C=O) groups excluding carboxylic acids is 1. The molecule has 3 rings (SSSR count). The number of carbonyl (C=O) groups is 1. The molecule has 1 aliphatic rings. The Morgan fingerprint density at radius 3 is 2.78 bits per heavy atom. The molecular weight excluding hydrogens is 306 g/mol. The van der Waals surface area contributed by atoms with Crippen LogP contribution in [-0.4, -0.2) is 28.3 Å². The van der Waals surface area contributed by atoms with Crippen LogP contribution in [0.1, 0.15) is 39.5 Å². The molecule has 0 saturated heterocycles. The van der Waals surface area contributed by atoms with E-state index in [0.717, 1.165) is 18.4 Å². The molecule has 1 aliphatic carbocycles. The quantitative estimate of drug-likeness (QED) is 0.864. The van der Waals surface area contributed by atoms with Crippen molar-refractivity contribution in [1.82, 2.24) is 4.90 Å². The van der Waals surface area contributed by atoms with E-state index < -0.39 is 10.8 Å². The summed E-state index contributed by atoms with van der Waals surface area (Å²) in [6, 6.07) is 16.0. The van der Waals surface area contributed by atoms with E-state index >= 15 is 0 Å². The Morgan fingerprint density at radius 2 is 2.00 bits per heavy atom. The van der Waals surface area contributed by atoms with E-state index in [1.165, 1.54) is 11.1 Å². The first-order valence-electron chi connectivity index (χ1n) is 7.80. The van der Waals surface area contributed by atoms with Crippen LogP contribution in [0.15, 0.2) is 48.5 Å². The summed E-state index contributed by atoms with van der Waals surface area (Å²) in [6.45, 7) is 0. The largest absolute Gasteiger partial charge is 0.335 e. The van der Waals surface area contributed by atoms with Gasteiger partial charge in [0.25, 0.3) is 5.91 Å². The second-order valence-corrected chi connectivity index (χ2v) is 7.52. The normalized spacial score (nSPS) is 17.6. The first-order chi connectivity index (χ1) is 11.1. The molecule has 2 aromatic carbocycles. The number of amides is 1. The minimum atomic E-state index is -0.905. The van der Waals surface area contributed by atoms with Crippen molar-refractivity contribution in [2.45, 2.75) is 24.6 Å². The monoisotopic (exact) mass is 327 g/mol. The van der Waals surface area contributed by atoms with Gasteiger partial charge < -0.3 is 4.90 Å². The van der Waals surface area contributed by atoms with Crippen molar-refractivity contribution in [2.24, 2.45) is 0 Å². The predicted molar refractivity (Wildman–Crippen MR) is 93.8 cm³/mol. The third-order valence-electron chi connectivity index (χ3n) is 4.43. The standard InChI is InChI=1S/C19H21NO2S/c1-20(18-11-10-15-7-3-4-9-17(15)18)19(21)16-8-5-6-14(12-16)13-23(2)22/h3-9,12,18H,10-11,13H2,1-2H3. The van der Waals surface area contributed by atoms with E-state index in [1.54, 1.807) is 6.26 Å². The second-order valence-electron chi connectivity index (χ2n) is 6.09. The molecule has 0 saturated carbocycles. The Kier molecular flexibility index (Phi) is 4.62. The first-order valence-corrected chi connectivity index (χ1v) is 9.53. The minimum Gasteiger partial charge on any atom is -0.335 e. The lowest BCUT2D eigenvalue weighted by Gasteiger charge is -2.25. The van der Waals surface area contributed by atoms with Crippen LogP contribution >= 0.6 is 0 Å². The maximum atomic E-state index is 12.8. The highest BCUT2D eigenvalue weighted by Gasteiger charge is 2.28. The van der Waals surface area contributed by atoms with E-state index in [0.29, 0.717) is 11.3 Å². The van der Waals surface area contributed by atoms with Gasteiger partial charge in [0.15, 0.2) is 0 Å². The number of hydrogen-bond acceptors (Lipinski definition) is 2. The molecule has 0 bridgehead atoms. The highest BCUT2D eigenvalue weighted by atomic mass is 32.2. The van der Waals surface area contributed by atoms with Gasteiger partial charge in [-0.3, -0.25) is 9.00 Å². The molecule has 0 aliphatic heterocycles. The third kappa shape index (κ3) is 3.37. The Bertz CT molecular complexity index is 757. The summed E-state index contributed by atoms with van der Waals surface area (Å²) in [5, 5.41) is 0. The Labute approximate surface area is 139 Å². The summed E-state index contributed by atoms with van der Waals surface area (Å²) in [7, 11) is 0.969. The number of aryl methyl sites for hydroxylation is 1. The molecular formula is C19H21NO2S. The minimum absolute atomic E-state index is 0.0236. The summed E-state index contributed by atoms with van der Waals surface area (Å²) >= 11 is 0. The molecule has 0 radical (unpaired) electrons. The highest BCUT2D eigenvalue weighted by Crippen LogP contribution is 2.35. The molecule has 1 amide bonds. The zero-order valence-electron chi connectivity index (χ0n) is 13.5. The van der Waals surface area contributed by atoms with Crippen LogP contribution in [-0.2, 0) is 23.0 Å². The van der Waals surface area contributed by atoms with Gasteiger partial charge in [-0.15, -0.1) is 0 Å². The Balaban J connectivity index is 1.82. The van der Waals surface area contributed by atoms with Crippen LogP contribution in [0.25, 0.3) is 0 Å². The fourth-order valence-electron chi connectivity index (χ4n) is 3.31. The number of rotatable bonds is 4.